The minimum atomic E-state index is 0.482. The molecular weight excluding hydrogens is 308 g/mol. The Balaban J connectivity index is 1.69. The summed E-state index contributed by atoms with van der Waals surface area (Å²) in [4.78, 5) is 4.49. The number of hydrogen-bond donors (Lipinski definition) is 1. The van der Waals surface area contributed by atoms with Gasteiger partial charge in [0.05, 0.1) is 10.7 Å². The molecule has 1 aromatic carbocycles. The smallest absolute Gasteiger partial charge is 0.0897 e. The lowest BCUT2D eigenvalue weighted by Crippen LogP contribution is -2.18. The van der Waals surface area contributed by atoms with Crippen molar-refractivity contribution in [1.29, 1.82) is 0 Å². The van der Waals surface area contributed by atoms with Gasteiger partial charge in [-0.3, -0.25) is 0 Å². The molecule has 4 heteroatoms. The van der Waals surface area contributed by atoms with E-state index < -0.39 is 0 Å². The number of aromatic nitrogens is 1. The fraction of sp³-hybridized carbons (Fsp3) is 0.357. The van der Waals surface area contributed by atoms with Gasteiger partial charge in [-0.05, 0) is 43.0 Å². The zero-order valence-electron chi connectivity index (χ0n) is 10.2. The fourth-order valence-electron chi connectivity index (χ4n) is 2.52. The molecule has 1 atom stereocenters. The number of thiazole rings is 1. The number of nitrogens with one attached hydrogen (secondary N) is 1. The molecule has 1 N–H and O–H groups in total. The van der Waals surface area contributed by atoms with Crippen LogP contribution in [0.25, 0.3) is 0 Å². The van der Waals surface area contributed by atoms with Gasteiger partial charge in [0.2, 0.25) is 0 Å². The van der Waals surface area contributed by atoms with Gasteiger partial charge in [-0.2, -0.15) is 0 Å². The van der Waals surface area contributed by atoms with Crippen LogP contribution in [-0.2, 0) is 13.0 Å². The molecule has 1 aromatic heterocycles. The van der Waals surface area contributed by atoms with E-state index in [9.17, 15) is 0 Å². The zero-order chi connectivity index (χ0) is 12.5. The number of halogens is 1. The Morgan fingerprint density at radius 3 is 3.17 bits per heavy atom. The molecule has 0 saturated carbocycles. The second-order valence-corrected chi connectivity index (χ2v) is 6.65. The van der Waals surface area contributed by atoms with Crippen molar-refractivity contribution in [2.75, 3.05) is 0 Å². The average Bonchev–Trinajstić information content (AvgIpc) is 2.92. The molecule has 1 aliphatic rings. The lowest BCUT2D eigenvalue weighted by molar-refractivity contribution is 0.526. The molecule has 18 heavy (non-hydrogen) atoms. The van der Waals surface area contributed by atoms with Gasteiger partial charge in [0, 0.05) is 22.4 Å². The van der Waals surface area contributed by atoms with E-state index in [1.54, 1.807) is 11.3 Å². The van der Waals surface area contributed by atoms with Crippen LogP contribution in [0.5, 0.6) is 0 Å². The first-order valence-corrected chi connectivity index (χ1v) is 7.82. The Bertz CT molecular complexity index is 565. The van der Waals surface area contributed by atoms with Crippen LogP contribution in [0.2, 0.25) is 0 Å². The van der Waals surface area contributed by atoms with E-state index >= 15 is 0 Å². The maximum atomic E-state index is 4.49. The van der Waals surface area contributed by atoms with Gasteiger partial charge in [0.25, 0.3) is 0 Å². The van der Waals surface area contributed by atoms with E-state index in [4.69, 9.17) is 0 Å². The zero-order valence-corrected chi connectivity index (χ0v) is 12.6. The van der Waals surface area contributed by atoms with Crippen LogP contribution in [0, 0.1) is 6.92 Å². The van der Waals surface area contributed by atoms with Gasteiger partial charge in [0.15, 0.2) is 0 Å². The number of nitrogens with zero attached hydrogens (tertiary/aromatic N) is 1. The standard InChI is InChI=1S/C14H15BrN2S/c1-9-17-12(8-18-9)7-16-14-5-2-10-6-11(15)3-4-13(10)14/h3-4,6,8,14,16H,2,5,7H2,1H3. The van der Waals surface area contributed by atoms with Crippen LogP contribution < -0.4 is 5.32 Å². The number of fused-ring (bicyclic) bond motifs is 1. The summed E-state index contributed by atoms with van der Waals surface area (Å²) in [5.41, 5.74) is 4.07. The molecule has 1 heterocycles. The lowest BCUT2D eigenvalue weighted by atomic mass is 10.1. The molecule has 0 radical (unpaired) electrons. The largest absolute Gasteiger partial charge is 0.304 e. The van der Waals surface area contributed by atoms with Crippen LogP contribution in [-0.4, -0.2) is 4.98 Å². The van der Waals surface area contributed by atoms with E-state index in [2.05, 4.69) is 56.7 Å². The molecule has 3 rings (SSSR count). The first kappa shape index (κ1) is 12.3. The van der Waals surface area contributed by atoms with E-state index in [0.717, 1.165) is 17.2 Å². The van der Waals surface area contributed by atoms with Crippen LogP contribution in [0.3, 0.4) is 0 Å². The number of rotatable bonds is 3. The first-order chi connectivity index (χ1) is 8.72. The highest BCUT2D eigenvalue weighted by molar-refractivity contribution is 9.10. The van der Waals surface area contributed by atoms with E-state index in [-0.39, 0.29) is 0 Å². The van der Waals surface area contributed by atoms with Gasteiger partial charge in [-0.1, -0.05) is 22.0 Å². The Kier molecular flexibility index (Phi) is 3.50. The third-order valence-corrected chi connectivity index (χ3v) is 4.69. The molecule has 0 saturated heterocycles. The van der Waals surface area contributed by atoms with E-state index in [0.29, 0.717) is 6.04 Å². The average molecular weight is 323 g/mol. The lowest BCUT2D eigenvalue weighted by Gasteiger charge is -2.13. The Hall–Kier alpha value is -0.710. The van der Waals surface area contributed by atoms with E-state index in [1.165, 1.54) is 28.4 Å². The summed E-state index contributed by atoms with van der Waals surface area (Å²) in [6, 6.07) is 7.08. The topological polar surface area (TPSA) is 24.9 Å². The summed E-state index contributed by atoms with van der Waals surface area (Å²) < 4.78 is 1.18. The van der Waals surface area contributed by atoms with Crippen molar-refractivity contribution in [2.24, 2.45) is 0 Å². The Morgan fingerprint density at radius 1 is 1.50 bits per heavy atom. The summed E-state index contributed by atoms with van der Waals surface area (Å²) in [5.74, 6) is 0. The summed E-state index contributed by atoms with van der Waals surface area (Å²) in [5, 5.41) is 6.90. The van der Waals surface area contributed by atoms with Crippen molar-refractivity contribution >= 4 is 27.3 Å². The normalized spacial score (nSPS) is 18.0. The van der Waals surface area contributed by atoms with Crippen molar-refractivity contribution < 1.29 is 0 Å². The minimum Gasteiger partial charge on any atom is -0.304 e. The number of benzene rings is 1. The SMILES string of the molecule is Cc1nc(CNC2CCc3cc(Br)ccc32)cs1. The van der Waals surface area contributed by atoms with Gasteiger partial charge >= 0.3 is 0 Å². The van der Waals surface area contributed by atoms with Gasteiger partial charge in [-0.25, -0.2) is 4.98 Å². The monoisotopic (exact) mass is 322 g/mol. The van der Waals surface area contributed by atoms with Crippen molar-refractivity contribution in [2.45, 2.75) is 32.4 Å². The summed E-state index contributed by atoms with van der Waals surface area (Å²) in [6.45, 7) is 2.92. The summed E-state index contributed by atoms with van der Waals surface area (Å²) in [7, 11) is 0. The molecule has 1 aliphatic carbocycles. The maximum Gasteiger partial charge on any atom is 0.0897 e. The second-order valence-electron chi connectivity index (χ2n) is 4.67. The second kappa shape index (κ2) is 5.11. The third kappa shape index (κ3) is 2.51. The van der Waals surface area contributed by atoms with Crippen LogP contribution in [0.15, 0.2) is 28.1 Å². The molecule has 0 amide bonds. The van der Waals surface area contributed by atoms with Crippen molar-refractivity contribution in [3.8, 4) is 0 Å². The highest BCUT2D eigenvalue weighted by Gasteiger charge is 2.21. The maximum absolute atomic E-state index is 4.49. The minimum absolute atomic E-state index is 0.482. The summed E-state index contributed by atoms with van der Waals surface area (Å²) >= 11 is 5.25. The molecule has 0 fully saturated rings. The number of hydrogen-bond acceptors (Lipinski definition) is 3. The molecular formula is C14H15BrN2S. The molecule has 0 bridgehead atoms. The van der Waals surface area contributed by atoms with Crippen LogP contribution in [0.4, 0.5) is 0 Å². The van der Waals surface area contributed by atoms with Crippen molar-refractivity contribution in [1.82, 2.24) is 10.3 Å². The van der Waals surface area contributed by atoms with Crippen LogP contribution >= 0.6 is 27.3 Å². The van der Waals surface area contributed by atoms with Gasteiger partial charge in [0.1, 0.15) is 0 Å². The quantitative estimate of drug-likeness (QED) is 0.924. The highest BCUT2D eigenvalue weighted by Crippen LogP contribution is 2.33. The van der Waals surface area contributed by atoms with E-state index in [1.807, 2.05) is 0 Å². The molecule has 2 nitrogen and oxygen atoms in total. The molecule has 0 aliphatic heterocycles. The Labute approximate surface area is 120 Å². The first-order valence-electron chi connectivity index (χ1n) is 6.15. The predicted octanol–water partition coefficient (Wildman–Crippen LogP) is 3.99. The van der Waals surface area contributed by atoms with Gasteiger partial charge in [-0.15, -0.1) is 11.3 Å². The van der Waals surface area contributed by atoms with Gasteiger partial charge < -0.3 is 5.32 Å². The van der Waals surface area contributed by atoms with Crippen molar-refractivity contribution in [3.05, 3.63) is 49.9 Å². The third-order valence-electron chi connectivity index (χ3n) is 3.38. The molecule has 0 spiro atoms. The summed E-state index contributed by atoms with van der Waals surface area (Å²) in [6.07, 6.45) is 2.36. The molecule has 94 valence electrons. The fourth-order valence-corrected chi connectivity index (χ4v) is 3.54. The molecule has 1 unspecified atom stereocenters. The van der Waals surface area contributed by atoms with Crippen LogP contribution in [0.1, 0.15) is 34.3 Å². The number of aryl methyl sites for hydroxylation is 2. The predicted molar refractivity (Wildman–Crippen MR) is 78.9 cm³/mol. The Morgan fingerprint density at radius 2 is 2.39 bits per heavy atom. The molecule has 2 aromatic rings. The van der Waals surface area contributed by atoms with Crippen molar-refractivity contribution in [3.63, 3.8) is 0 Å². The highest BCUT2D eigenvalue weighted by atomic mass is 79.9.